The van der Waals surface area contributed by atoms with Gasteiger partial charge in [0.2, 0.25) is 0 Å². The molecule has 1 aromatic heterocycles. The molecule has 4 rings (SSSR count). The van der Waals surface area contributed by atoms with E-state index in [1.165, 1.54) is 10.9 Å². The number of nitrogens with one attached hydrogen (secondary N) is 2. The Morgan fingerprint density at radius 2 is 1.59 bits per heavy atom. The molecule has 4 nitrogen and oxygen atoms in total. The van der Waals surface area contributed by atoms with Crippen molar-refractivity contribution in [2.75, 3.05) is 10.6 Å². The quantitative estimate of drug-likeness (QED) is 0.473. The summed E-state index contributed by atoms with van der Waals surface area (Å²) in [5.41, 5.74) is 5.99. The van der Waals surface area contributed by atoms with Gasteiger partial charge in [-0.25, -0.2) is 4.79 Å². The number of nitrogens with zero attached hydrogens (tertiary/aromatic N) is 1. The summed E-state index contributed by atoms with van der Waals surface area (Å²) in [6.45, 7) is 4.05. The fraction of sp³-hybridized carbons (Fsp3) is 0.0870. The predicted octanol–water partition coefficient (Wildman–Crippen LogP) is 5.89. The Morgan fingerprint density at radius 3 is 2.37 bits per heavy atom. The number of carbonyl (C=O) groups excluding carboxylic acids is 1. The normalized spacial score (nSPS) is 10.7. The van der Waals surface area contributed by atoms with E-state index in [0.717, 1.165) is 28.2 Å². The van der Waals surface area contributed by atoms with Crippen molar-refractivity contribution >= 4 is 28.3 Å². The molecule has 0 unspecified atom stereocenters. The largest absolute Gasteiger partial charge is 0.323 e. The SMILES string of the molecule is Cc1cccc(NC(=O)Nc2ccc(-n3ccc4ccccc43)c(C)c2)c1. The van der Waals surface area contributed by atoms with Crippen LogP contribution in [0.25, 0.3) is 16.6 Å². The van der Waals surface area contributed by atoms with Gasteiger partial charge in [0.15, 0.2) is 0 Å². The maximum Gasteiger partial charge on any atom is 0.323 e. The highest BCUT2D eigenvalue weighted by molar-refractivity contribution is 6.00. The van der Waals surface area contributed by atoms with Gasteiger partial charge < -0.3 is 15.2 Å². The molecule has 4 heteroatoms. The number of hydrogen-bond donors (Lipinski definition) is 2. The van der Waals surface area contributed by atoms with Crippen molar-refractivity contribution in [2.24, 2.45) is 0 Å². The van der Waals surface area contributed by atoms with Crippen LogP contribution in [0.15, 0.2) is 79.0 Å². The van der Waals surface area contributed by atoms with E-state index in [9.17, 15) is 4.79 Å². The van der Waals surface area contributed by atoms with Gasteiger partial charge in [0.05, 0.1) is 5.52 Å². The molecule has 0 saturated heterocycles. The number of amides is 2. The van der Waals surface area contributed by atoms with Gasteiger partial charge in [0.25, 0.3) is 0 Å². The number of aromatic nitrogens is 1. The molecule has 134 valence electrons. The van der Waals surface area contributed by atoms with Crippen molar-refractivity contribution < 1.29 is 4.79 Å². The zero-order valence-electron chi connectivity index (χ0n) is 15.4. The third kappa shape index (κ3) is 3.55. The van der Waals surface area contributed by atoms with Crippen molar-refractivity contribution in [2.45, 2.75) is 13.8 Å². The summed E-state index contributed by atoms with van der Waals surface area (Å²) in [5.74, 6) is 0. The predicted molar refractivity (Wildman–Crippen MR) is 112 cm³/mol. The van der Waals surface area contributed by atoms with Crippen LogP contribution in [-0.2, 0) is 0 Å². The lowest BCUT2D eigenvalue weighted by atomic mass is 10.1. The van der Waals surface area contributed by atoms with E-state index in [1.54, 1.807) is 0 Å². The van der Waals surface area contributed by atoms with Crippen LogP contribution in [0.3, 0.4) is 0 Å². The van der Waals surface area contributed by atoms with Crippen molar-refractivity contribution in [3.8, 4) is 5.69 Å². The standard InChI is InChI=1S/C23H21N3O/c1-16-6-5-8-19(14-16)24-23(27)25-20-10-11-21(17(2)15-20)26-13-12-18-7-3-4-9-22(18)26/h3-15H,1-2H3,(H2,24,25,27). The minimum absolute atomic E-state index is 0.251. The Bertz CT molecular complexity index is 1130. The van der Waals surface area contributed by atoms with Crippen molar-refractivity contribution in [3.63, 3.8) is 0 Å². The number of para-hydroxylation sites is 1. The molecule has 0 saturated carbocycles. The second kappa shape index (κ2) is 7.00. The summed E-state index contributed by atoms with van der Waals surface area (Å²) < 4.78 is 2.17. The Balaban J connectivity index is 1.54. The molecule has 4 aromatic rings. The zero-order chi connectivity index (χ0) is 18.8. The van der Waals surface area contributed by atoms with Crippen LogP contribution < -0.4 is 10.6 Å². The number of anilines is 2. The molecule has 0 aliphatic heterocycles. The first-order valence-electron chi connectivity index (χ1n) is 8.92. The van der Waals surface area contributed by atoms with Crippen molar-refractivity contribution in [1.82, 2.24) is 4.57 Å². The van der Waals surface area contributed by atoms with Crippen LogP contribution in [0.1, 0.15) is 11.1 Å². The van der Waals surface area contributed by atoms with E-state index in [1.807, 2.05) is 68.4 Å². The van der Waals surface area contributed by atoms with Gasteiger partial charge in [-0.3, -0.25) is 0 Å². The van der Waals surface area contributed by atoms with Crippen LogP contribution in [-0.4, -0.2) is 10.6 Å². The van der Waals surface area contributed by atoms with Crippen LogP contribution in [0.2, 0.25) is 0 Å². The Labute approximate surface area is 158 Å². The number of aryl methyl sites for hydroxylation is 2. The van der Waals surface area contributed by atoms with Gasteiger partial charge in [-0.15, -0.1) is 0 Å². The van der Waals surface area contributed by atoms with Gasteiger partial charge in [0.1, 0.15) is 0 Å². The fourth-order valence-corrected chi connectivity index (χ4v) is 3.31. The molecule has 27 heavy (non-hydrogen) atoms. The molecule has 0 spiro atoms. The Hall–Kier alpha value is -3.53. The Morgan fingerprint density at radius 1 is 0.815 bits per heavy atom. The highest BCUT2D eigenvalue weighted by Crippen LogP contribution is 2.24. The number of rotatable bonds is 3. The topological polar surface area (TPSA) is 46.1 Å². The minimum Gasteiger partial charge on any atom is -0.316 e. The first-order valence-corrected chi connectivity index (χ1v) is 8.92. The molecule has 0 atom stereocenters. The smallest absolute Gasteiger partial charge is 0.316 e. The van der Waals surface area contributed by atoms with Crippen LogP contribution >= 0.6 is 0 Å². The maximum absolute atomic E-state index is 12.3. The molecular weight excluding hydrogens is 334 g/mol. The van der Waals surface area contributed by atoms with E-state index in [2.05, 4.69) is 39.6 Å². The highest BCUT2D eigenvalue weighted by atomic mass is 16.2. The first-order chi connectivity index (χ1) is 13.1. The van der Waals surface area contributed by atoms with Crippen molar-refractivity contribution in [1.29, 1.82) is 0 Å². The molecule has 2 amide bonds. The average molecular weight is 355 g/mol. The summed E-state index contributed by atoms with van der Waals surface area (Å²) in [7, 11) is 0. The summed E-state index contributed by atoms with van der Waals surface area (Å²) in [4.78, 5) is 12.3. The second-order valence-corrected chi connectivity index (χ2v) is 6.69. The van der Waals surface area contributed by atoms with Crippen molar-refractivity contribution in [3.05, 3.63) is 90.1 Å². The van der Waals surface area contributed by atoms with E-state index in [4.69, 9.17) is 0 Å². The molecule has 0 radical (unpaired) electrons. The van der Waals surface area contributed by atoms with Gasteiger partial charge in [-0.2, -0.15) is 0 Å². The third-order valence-corrected chi connectivity index (χ3v) is 4.59. The summed E-state index contributed by atoms with van der Waals surface area (Å²) in [6.07, 6.45) is 2.07. The molecule has 1 heterocycles. The number of carbonyl (C=O) groups is 1. The zero-order valence-corrected chi connectivity index (χ0v) is 15.4. The summed E-state index contributed by atoms with van der Waals surface area (Å²) in [5, 5.41) is 6.97. The van der Waals surface area contributed by atoms with Crippen LogP contribution in [0.4, 0.5) is 16.2 Å². The van der Waals surface area contributed by atoms with Gasteiger partial charge >= 0.3 is 6.03 Å². The number of fused-ring (bicyclic) bond motifs is 1. The number of hydrogen-bond acceptors (Lipinski definition) is 1. The van der Waals surface area contributed by atoms with E-state index >= 15 is 0 Å². The number of urea groups is 1. The van der Waals surface area contributed by atoms with Gasteiger partial charge in [0, 0.05) is 23.3 Å². The van der Waals surface area contributed by atoms with Crippen LogP contribution in [0.5, 0.6) is 0 Å². The van der Waals surface area contributed by atoms with Crippen LogP contribution in [0, 0.1) is 13.8 Å². The summed E-state index contributed by atoms with van der Waals surface area (Å²) >= 11 is 0. The Kier molecular flexibility index (Phi) is 4.38. The monoisotopic (exact) mass is 355 g/mol. The molecule has 0 aliphatic rings. The average Bonchev–Trinajstić information content (AvgIpc) is 3.06. The van der Waals surface area contributed by atoms with Gasteiger partial charge in [-0.1, -0.05) is 30.3 Å². The molecular formula is C23H21N3O. The molecule has 3 aromatic carbocycles. The van der Waals surface area contributed by atoms with Gasteiger partial charge in [-0.05, 0) is 72.8 Å². The minimum atomic E-state index is -0.251. The fourth-order valence-electron chi connectivity index (χ4n) is 3.31. The number of benzene rings is 3. The third-order valence-electron chi connectivity index (χ3n) is 4.59. The molecule has 0 fully saturated rings. The second-order valence-electron chi connectivity index (χ2n) is 6.69. The highest BCUT2D eigenvalue weighted by Gasteiger charge is 2.08. The molecule has 0 aliphatic carbocycles. The maximum atomic E-state index is 12.3. The lowest BCUT2D eigenvalue weighted by molar-refractivity contribution is 0.262. The molecule has 2 N–H and O–H groups in total. The van der Waals surface area contributed by atoms with E-state index < -0.39 is 0 Å². The first kappa shape index (κ1) is 16.9. The van der Waals surface area contributed by atoms with E-state index in [-0.39, 0.29) is 6.03 Å². The lowest BCUT2D eigenvalue weighted by Crippen LogP contribution is -2.19. The lowest BCUT2D eigenvalue weighted by Gasteiger charge is -2.13. The van der Waals surface area contributed by atoms with E-state index in [0.29, 0.717) is 0 Å². The summed E-state index contributed by atoms with van der Waals surface area (Å²) in [6, 6.07) is 23.8. The molecule has 0 bridgehead atoms.